The Kier molecular flexibility index (Phi) is 49.0. The lowest BCUT2D eigenvalue weighted by atomic mass is 9.92. The first-order valence-electron chi connectivity index (χ1n) is 25.7. The fourth-order valence-electron chi connectivity index (χ4n) is 8.09. The molecular weight excluding hydrogens is 999 g/mol. The first-order chi connectivity index (χ1) is 37.6. The van der Waals surface area contributed by atoms with Crippen LogP contribution in [0.4, 0.5) is 5.82 Å². The molecule has 82 heavy (non-hydrogen) atoms. The normalized spacial score (nSPS) is 10.6. The third kappa shape index (κ3) is 28.9. The first-order valence-corrected chi connectivity index (χ1v) is 25.7. The molecule has 7 aromatic carbocycles. The molecule has 2 aliphatic carbocycles. The summed E-state index contributed by atoms with van der Waals surface area (Å²) in [4.78, 5) is 5.33. The quantitative estimate of drug-likeness (QED) is 0.133. The van der Waals surface area contributed by atoms with Gasteiger partial charge < -0.3 is 18.9 Å². The van der Waals surface area contributed by atoms with Gasteiger partial charge >= 0.3 is 0 Å². The van der Waals surface area contributed by atoms with E-state index in [0.717, 1.165) is 34.3 Å². The number of hydrogen-bond acceptors (Lipinski definition) is 3. The predicted octanol–water partition coefficient (Wildman–Crippen LogP) is 21.0. The van der Waals surface area contributed by atoms with Crippen molar-refractivity contribution in [2.75, 3.05) is 6.79 Å². The molecule has 3 aliphatic rings. The summed E-state index contributed by atoms with van der Waals surface area (Å²) in [6.45, 7) is 29.3. The van der Waals surface area contributed by atoms with Gasteiger partial charge in [0.25, 0.3) is 0 Å². The van der Waals surface area contributed by atoms with Gasteiger partial charge in [-0.2, -0.15) is 0 Å². The average Bonchev–Trinajstić information content (AvgIpc) is 4.37. The van der Waals surface area contributed by atoms with Crippen LogP contribution in [0.25, 0.3) is 11.3 Å². The van der Waals surface area contributed by atoms with Crippen molar-refractivity contribution in [2.45, 2.75) is 96.1 Å². The Labute approximate surface area is 501 Å². The van der Waals surface area contributed by atoms with E-state index in [9.17, 15) is 0 Å². The van der Waals surface area contributed by atoms with Crippen LogP contribution in [0.15, 0.2) is 302 Å². The van der Waals surface area contributed by atoms with E-state index in [1.54, 1.807) is 28.5 Å². The van der Waals surface area contributed by atoms with Gasteiger partial charge in [0, 0.05) is 35.9 Å². The van der Waals surface area contributed by atoms with E-state index in [1.807, 2.05) is 140 Å². The molecule has 12 rings (SSSR count). The molecule has 0 saturated carbocycles. The van der Waals surface area contributed by atoms with E-state index in [4.69, 9.17) is 9.47 Å². The molecule has 0 fully saturated rings. The van der Waals surface area contributed by atoms with Crippen LogP contribution in [0.3, 0.4) is 0 Å². The third-order valence-electron chi connectivity index (χ3n) is 11.7. The Hall–Kier alpha value is -8.77. The smallest absolute Gasteiger partial charge is 0.231 e. The second-order valence-corrected chi connectivity index (χ2v) is 16.6. The Bertz CT molecular complexity index is 2680. The second-order valence-electron chi connectivity index (χ2n) is 16.6. The summed E-state index contributed by atoms with van der Waals surface area (Å²) in [5.74, 6) is 2.66. The van der Waals surface area contributed by atoms with Crippen LogP contribution in [-0.4, -0.2) is 16.3 Å². The predicted molar refractivity (Wildman–Crippen MR) is 367 cm³/mol. The number of nitrogens with zero attached hydrogens (tertiary/aromatic N) is 2. The molecule has 5 nitrogen and oxygen atoms in total. The SMILES string of the molecule is C.C.C.C.C.C.C=C.C=C.C=C.C=C.C=C(c1ccccc1)c1ccccc1.[CH2-][NH+](Cc1ccccc1)c1ccccn1.c1ccc(-n2cccc2)cc1.c1ccc2c(c1)CCC2.c1ccc2c(c1)CCCC2.c1ccc2c(c1)OCO2. The van der Waals surface area contributed by atoms with E-state index in [1.165, 1.54) is 67.3 Å². The molecule has 0 bridgehead atoms. The van der Waals surface area contributed by atoms with Gasteiger partial charge in [-0.05, 0) is 126 Å². The van der Waals surface area contributed by atoms with Crippen LogP contribution < -0.4 is 14.4 Å². The molecule has 5 heteroatoms. The number of fused-ring (bicyclic) bond motifs is 3. The fourth-order valence-corrected chi connectivity index (χ4v) is 8.09. The van der Waals surface area contributed by atoms with Gasteiger partial charge in [0.05, 0.1) is 6.54 Å². The number of aromatic nitrogens is 2. The third-order valence-corrected chi connectivity index (χ3v) is 11.7. The molecule has 0 saturated heterocycles. The van der Waals surface area contributed by atoms with Gasteiger partial charge in [-0.15, -0.1) is 59.7 Å². The van der Waals surface area contributed by atoms with Gasteiger partial charge in [-0.3, -0.25) is 0 Å². The summed E-state index contributed by atoms with van der Waals surface area (Å²) in [6.07, 6.45) is 15.2. The molecule has 0 spiro atoms. The average molecular weight is 1100 g/mol. The van der Waals surface area contributed by atoms with Crippen molar-refractivity contribution in [3.63, 3.8) is 0 Å². The first kappa shape index (κ1) is 79.7. The number of quaternary nitrogens is 1. The van der Waals surface area contributed by atoms with Gasteiger partial charge in [0.2, 0.25) is 6.79 Å². The lowest BCUT2D eigenvalue weighted by Crippen LogP contribution is -3.00. The Morgan fingerprint density at radius 2 is 0.756 bits per heavy atom. The van der Waals surface area contributed by atoms with Crippen LogP contribution in [0.5, 0.6) is 11.5 Å². The fraction of sp³-hybridized carbons (Fsp3) is 0.195. The highest BCUT2D eigenvalue weighted by atomic mass is 16.7. The topological polar surface area (TPSA) is 40.7 Å². The Morgan fingerprint density at radius 3 is 1.15 bits per heavy atom. The molecule has 2 aromatic heterocycles. The molecule has 1 aliphatic heterocycles. The summed E-state index contributed by atoms with van der Waals surface area (Å²) >= 11 is 0. The minimum atomic E-state index is 0. The number of nitrogens with one attached hydrogen (secondary N) is 1. The van der Waals surface area contributed by atoms with Gasteiger partial charge in [0.1, 0.15) is 0 Å². The molecule has 1 unspecified atom stereocenters. The minimum absolute atomic E-state index is 0. The molecule has 1 N–H and O–H groups in total. The van der Waals surface area contributed by atoms with Crippen LogP contribution in [0.2, 0.25) is 0 Å². The maximum absolute atomic E-state index is 5.08. The van der Waals surface area contributed by atoms with E-state index in [2.05, 4.69) is 173 Å². The van der Waals surface area contributed by atoms with Crippen molar-refractivity contribution >= 4 is 11.4 Å². The van der Waals surface area contributed by atoms with Crippen molar-refractivity contribution in [1.82, 2.24) is 9.55 Å². The number of hydrogen-bond donors (Lipinski definition) is 1. The Balaban J connectivity index is -0.000000431. The van der Waals surface area contributed by atoms with Gasteiger partial charge in [-0.1, -0.05) is 227 Å². The molecule has 438 valence electrons. The summed E-state index contributed by atoms with van der Waals surface area (Å²) in [5.41, 5.74) is 12.2. The van der Waals surface area contributed by atoms with E-state index >= 15 is 0 Å². The van der Waals surface area contributed by atoms with Crippen LogP contribution in [0, 0.1) is 7.05 Å². The number of rotatable bonds is 6. The van der Waals surface area contributed by atoms with Crippen molar-refractivity contribution in [1.29, 1.82) is 0 Å². The molecule has 0 radical (unpaired) electrons. The van der Waals surface area contributed by atoms with Crippen LogP contribution >= 0.6 is 0 Å². The lowest BCUT2D eigenvalue weighted by Gasteiger charge is -2.18. The maximum atomic E-state index is 5.08. The lowest BCUT2D eigenvalue weighted by molar-refractivity contribution is -0.800. The highest BCUT2D eigenvalue weighted by Crippen LogP contribution is 2.30. The van der Waals surface area contributed by atoms with Crippen LogP contribution in [0.1, 0.15) is 103 Å². The van der Waals surface area contributed by atoms with E-state index < -0.39 is 0 Å². The zero-order chi connectivity index (χ0) is 54.9. The number of ether oxygens (including phenoxy) is 2. The molecule has 0 amide bonds. The zero-order valence-electron chi connectivity index (χ0n) is 44.7. The number of benzene rings is 7. The minimum Gasteiger partial charge on any atom is -0.454 e. The van der Waals surface area contributed by atoms with Gasteiger partial charge in [0.15, 0.2) is 17.3 Å². The van der Waals surface area contributed by atoms with Crippen molar-refractivity contribution in [3.05, 3.63) is 348 Å². The number of pyridine rings is 1. The van der Waals surface area contributed by atoms with Crippen LogP contribution in [-0.2, 0) is 32.2 Å². The summed E-state index contributed by atoms with van der Waals surface area (Å²) in [6, 6.07) is 76.2. The second kappa shape index (κ2) is 50.4. The number of aryl methyl sites for hydroxylation is 4. The number of para-hydroxylation sites is 3. The summed E-state index contributed by atoms with van der Waals surface area (Å²) < 4.78 is 12.2. The van der Waals surface area contributed by atoms with E-state index in [-0.39, 0.29) is 44.6 Å². The highest BCUT2D eigenvalue weighted by molar-refractivity contribution is 5.77. The standard InChI is InChI=1S/C14H12.C13H14N2.C10H9N.C10H12.C9H10.C7H6O2.4C2H4.6CH4/c1-12(13-8-4-2-5-9-13)14-10-6-3-7-11-14;1-15(13-9-5-6-10-14-13)11-12-7-3-2-4-8-12;1-2-6-10(7-3-1)11-8-4-5-9-11;1-2-6-10-8-4-3-7-9(10)5-1;1-2-5-9-7-3-6-8(9)4-1;1-2-4-7-6(3-1)8-5-9-7;4*1-2;;;;;;/h2-11H,1H2;2-10,15H,1,11H2;1-9H;1-2,5-6H,3-4,7-8H2;1-2,4-5H,3,6-7H2;1-4H,5H2;4*1-2H2;6*1H4. The molecule has 3 heterocycles. The maximum Gasteiger partial charge on any atom is 0.231 e. The largest absolute Gasteiger partial charge is 0.454 e. The van der Waals surface area contributed by atoms with Crippen molar-refractivity contribution in [2.24, 2.45) is 0 Å². The highest BCUT2D eigenvalue weighted by Gasteiger charge is 2.10. The van der Waals surface area contributed by atoms with Crippen molar-refractivity contribution in [3.8, 4) is 17.2 Å². The summed E-state index contributed by atoms with van der Waals surface area (Å²) in [7, 11) is 4.06. The monoisotopic (exact) mass is 1100 g/mol. The Morgan fingerprint density at radius 1 is 0.415 bits per heavy atom. The van der Waals surface area contributed by atoms with Gasteiger partial charge in [-0.25, -0.2) is 4.98 Å². The summed E-state index contributed by atoms with van der Waals surface area (Å²) in [5, 5.41) is 0. The van der Waals surface area contributed by atoms with Crippen molar-refractivity contribution < 1.29 is 14.4 Å². The molecule has 9 aromatic rings. The zero-order valence-corrected chi connectivity index (χ0v) is 44.7. The molecular formula is C77H103N3O2. The molecule has 1 atom stereocenters. The van der Waals surface area contributed by atoms with E-state index in [0.29, 0.717) is 6.79 Å².